The summed E-state index contributed by atoms with van der Waals surface area (Å²) in [4.78, 5) is 12.2. The van der Waals surface area contributed by atoms with Crippen molar-refractivity contribution in [3.05, 3.63) is 60.2 Å². The van der Waals surface area contributed by atoms with Gasteiger partial charge in [-0.15, -0.1) is 10.2 Å². The number of carbonyl (C=O) groups is 1. The van der Waals surface area contributed by atoms with Crippen LogP contribution in [0.5, 0.6) is 0 Å². The maximum absolute atomic E-state index is 12.2. The van der Waals surface area contributed by atoms with E-state index in [0.717, 1.165) is 11.5 Å². The molecule has 0 saturated heterocycles. The molecule has 1 aromatic carbocycles. The highest BCUT2D eigenvalue weighted by Gasteiger charge is 2.13. The Morgan fingerprint density at radius 3 is 2.48 bits per heavy atom. The third kappa shape index (κ3) is 4.11. The van der Waals surface area contributed by atoms with Crippen LogP contribution in [-0.4, -0.2) is 31.2 Å². The Balaban J connectivity index is 1.61. The Morgan fingerprint density at radius 2 is 1.84 bits per heavy atom. The number of amides is 1. The van der Waals surface area contributed by atoms with E-state index in [1.807, 2.05) is 65.1 Å². The summed E-state index contributed by atoms with van der Waals surface area (Å²) in [6.07, 6.45) is 3.83. The lowest BCUT2D eigenvalue weighted by molar-refractivity contribution is -0.113. The molecule has 0 aliphatic carbocycles. The van der Waals surface area contributed by atoms with Gasteiger partial charge in [0.05, 0.1) is 5.75 Å². The van der Waals surface area contributed by atoms with Crippen molar-refractivity contribution in [3.63, 3.8) is 0 Å². The highest BCUT2D eigenvalue weighted by molar-refractivity contribution is 7.99. The maximum atomic E-state index is 12.2. The van der Waals surface area contributed by atoms with Crippen LogP contribution in [0, 0.1) is 6.92 Å². The molecule has 25 heavy (non-hydrogen) atoms. The number of aryl methyl sites for hydroxylation is 1. The molecule has 1 N–H and O–H groups in total. The second kappa shape index (κ2) is 7.57. The summed E-state index contributed by atoms with van der Waals surface area (Å²) < 4.78 is 3.76. The van der Waals surface area contributed by atoms with Crippen LogP contribution in [0.15, 0.2) is 53.9 Å². The molecular weight excluding hydrogens is 334 g/mol. The molecule has 0 atom stereocenters. The molecule has 0 fully saturated rings. The number of hydrogen-bond acceptors (Lipinski definition) is 4. The van der Waals surface area contributed by atoms with Crippen LogP contribution < -0.4 is 5.32 Å². The smallest absolute Gasteiger partial charge is 0.234 e. The molecule has 3 aromatic rings. The molecule has 0 radical (unpaired) electrons. The van der Waals surface area contributed by atoms with Crippen molar-refractivity contribution in [3.8, 4) is 0 Å². The lowest BCUT2D eigenvalue weighted by Gasteiger charge is -2.10. The van der Waals surface area contributed by atoms with Crippen molar-refractivity contribution >= 4 is 23.4 Å². The van der Waals surface area contributed by atoms with Gasteiger partial charge in [-0.2, -0.15) is 0 Å². The fourth-order valence-electron chi connectivity index (χ4n) is 2.43. The van der Waals surface area contributed by atoms with Crippen molar-refractivity contribution in [2.45, 2.75) is 31.8 Å². The Labute approximate surface area is 151 Å². The molecule has 6 nitrogen and oxygen atoms in total. The van der Waals surface area contributed by atoms with Gasteiger partial charge in [-0.05, 0) is 42.7 Å². The molecule has 1 amide bonds. The van der Waals surface area contributed by atoms with E-state index < -0.39 is 0 Å². The second-order valence-electron chi connectivity index (χ2n) is 6.02. The number of hydrogen-bond donors (Lipinski definition) is 1. The van der Waals surface area contributed by atoms with Gasteiger partial charge in [-0.1, -0.05) is 37.7 Å². The molecule has 0 bridgehead atoms. The first-order valence-corrected chi connectivity index (χ1v) is 9.11. The fraction of sp³-hybridized carbons (Fsp3) is 0.278. The number of anilines is 1. The standard InChI is InChI=1S/C18H21N5OS/c1-13(2)15-6-8-16(9-7-15)19-17(24)12-25-18-21-20-14(3)23(18)22-10-4-5-11-22/h4-11,13H,12H2,1-3H3,(H,19,24). The molecule has 3 rings (SSSR count). The van der Waals surface area contributed by atoms with Gasteiger partial charge >= 0.3 is 0 Å². The van der Waals surface area contributed by atoms with Gasteiger partial charge in [-0.3, -0.25) is 9.47 Å². The summed E-state index contributed by atoms with van der Waals surface area (Å²) in [7, 11) is 0. The quantitative estimate of drug-likeness (QED) is 0.687. The Bertz CT molecular complexity index is 837. The molecular formula is C18H21N5OS. The minimum atomic E-state index is -0.0676. The van der Waals surface area contributed by atoms with Crippen LogP contribution in [-0.2, 0) is 4.79 Å². The van der Waals surface area contributed by atoms with Gasteiger partial charge in [0, 0.05) is 18.1 Å². The molecule has 0 aliphatic heterocycles. The van der Waals surface area contributed by atoms with Gasteiger partial charge in [-0.25, -0.2) is 4.68 Å². The van der Waals surface area contributed by atoms with E-state index in [0.29, 0.717) is 11.1 Å². The monoisotopic (exact) mass is 355 g/mol. The number of thioether (sulfide) groups is 1. The highest BCUT2D eigenvalue weighted by atomic mass is 32.2. The summed E-state index contributed by atoms with van der Waals surface area (Å²) in [5, 5.41) is 11.9. The van der Waals surface area contributed by atoms with E-state index in [4.69, 9.17) is 0 Å². The molecule has 0 aliphatic rings. The van der Waals surface area contributed by atoms with E-state index in [1.165, 1.54) is 17.3 Å². The first kappa shape index (κ1) is 17.3. The lowest BCUT2D eigenvalue weighted by Crippen LogP contribution is -2.16. The Hall–Kier alpha value is -2.54. The van der Waals surface area contributed by atoms with Crippen LogP contribution >= 0.6 is 11.8 Å². The van der Waals surface area contributed by atoms with E-state index in [-0.39, 0.29) is 11.7 Å². The molecule has 7 heteroatoms. The summed E-state index contributed by atoms with van der Waals surface area (Å²) in [6.45, 7) is 6.17. The van der Waals surface area contributed by atoms with E-state index in [2.05, 4.69) is 29.4 Å². The minimum Gasteiger partial charge on any atom is -0.325 e. The van der Waals surface area contributed by atoms with Crippen LogP contribution in [0.2, 0.25) is 0 Å². The SMILES string of the molecule is Cc1nnc(SCC(=O)Nc2ccc(C(C)C)cc2)n1-n1cccc1. The first-order valence-electron chi connectivity index (χ1n) is 8.13. The van der Waals surface area contributed by atoms with Crippen molar-refractivity contribution in [2.75, 3.05) is 11.1 Å². The van der Waals surface area contributed by atoms with E-state index >= 15 is 0 Å². The van der Waals surface area contributed by atoms with Gasteiger partial charge in [0.2, 0.25) is 11.1 Å². The zero-order valence-corrected chi connectivity index (χ0v) is 15.3. The molecule has 2 aromatic heterocycles. The second-order valence-corrected chi connectivity index (χ2v) is 6.96. The zero-order valence-electron chi connectivity index (χ0n) is 14.5. The number of rotatable bonds is 6. The molecule has 0 unspecified atom stereocenters. The number of carbonyl (C=O) groups excluding carboxylic acids is 1. The van der Waals surface area contributed by atoms with Gasteiger partial charge < -0.3 is 5.32 Å². The van der Waals surface area contributed by atoms with Gasteiger partial charge in [0.15, 0.2) is 5.82 Å². The first-order chi connectivity index (χ1) is 12.0. The predicted molar refractivity (Wildman–Crippen MR) is 99.9 cm³/mol. The molecule has 2 heterocycles. The number of aromatic nitrogens is 4. The average Bonchev–Trinajstić information content (AvgIpc) is 3.22. The lowest BCUT2D eigenvalue weighted by atomic mass is 10.0. The van der Waals surface area contributed by atoms with E-state index in [1.54, 1.807) is 0 Å². The van der Waals surface area contributed by atoms with Crippen LogP contribution in [0.25, 0.3) is 0 Å². The normalized spacial score (nSPS) is 11.0. The van der Waals surface area contributed by atoms with Gasteiger partial charge in [0.25, 0.3) is 0 Å². The summed E-state index contributed by atoms with van der Waals surface area (Å²) >= 11 is 1.36. The van der Waals surface area contributed by atoms with Gasteiger partial charge in [0.1, 0.15) is 0 Å². The Morgan fingerprint density at radius 1 is 1.16 bits per heavy atom. The molecule has 130 valence electrons. The number of nitrogens with zero attached hydrogens (tertiary/aromatic N) is 4. The predicted octanol–water partition coefficient (Wildman–Crippen LogP) is 3.55. The largest absolute Gasteiger partial charge is 0.325 e. The number of benzene rings is 1. The molecule has 0 saturated carbocycles. The van der Waals surface area contributed by atoms with Crippen molar-refractivity contribution < 1.29 is 4.79 Å². The summed E-state index contributed by atoms with van der Waals surface area (Å²) in [6, 6.07) is 11.8. The zero-order chi connectivity index (χ0) is 17.8. The van der Waals surface area contributed by atoms with Crippen LogP contribution in [0.1, 0.15) is 31.2 Å². The maximum Gasteiger partial charge on any atom is 0.234 e. The van der Waals surface area contributed by atoms with Crippen molar-refractivity contribution in [1.29, 1.82) is 0 Å². The number of nitrogens with one attached hydrogen (secondary N) is 1. The highest BCUT2D eigenvalue weighted by Crippen LogP contribution is 2.19. The summed E-state index contributed by atoms with van der Waals surface area (Å²) in [5.74, 6) is 1.44. The summed E-state index contributed by atoms with van der Waals surface area (Å²) in [5.41, 5.74) is 2.06. The minimum absolute atomic E-state index is 0.0676. The Kier molecular flexibility index (Phi) is 5.23. The fourth-order valence-corrected chi connectivity index (χ4v) is 3.21. The van der Waals surface area contributed by atoms with Crippen molar-refractivity contribution in [2.24, 2.45) is 0 Å². The average molecular weight is 355 g/mol. The van der Waals surface area contributed by atoms with E-state index in [9.17, 15) is 4.79 Å². The van der Waals surface area contributed by atoms with Crippen LogP contribution in [0.3, 0.4) is 0 Å². The topological polar surface area (TPSA) is 64.7 Å². The van der Waals surface area contributed by atoms with Crippen molar-refractivity contribution in [1.82, 2.24) is 19.5 Å². The third-order valence-corrected chi connectivity index (χ3v) is 4.70. The van der Waals surface area contributed by atoms with Crippen LogP contribution in [0.4, 0.5) is 5.69 Å². The molecule has 0 spiro atoms. The third-order valence-electron chi connectivity index (χ3n) is 3.78.